The maximum atomic E-state index is 10.8. The van der Waals surface area contributed by atoms with Crippen LogP contribution in [-0.4, -0.2) is 29.6 Å². The van der Waals surface area contributed by atoms with Crippen LogP contribution in [0, 0.1) is 23.0 Å². The molecule has 2 rings (SSSR count). The van der Waals surface area contributed by atoms with Gasteiger partial charge in [0.25, 0.3) is 5.88 Å². The van der Waals surface area contributed by atoms with E-state index in [0.717, 1.165) is 25.1 Å². The van der Waals surface area contributed by atoms with Gasteiger partial charge < -0.3 is 10.1 Å². The normalized spacial score (nSPS) is 19.2. The Labute approximate surface area is 99.2 Å². The number of pyridine rings is 1. The molecule has 1 atom stereocenters. The average Bonchev–Trinajstić information content (AvgIpc) is 2.80. The molecular formula is C11H15N3O3. The molecule has 0 bridgehead atoms. The predicted molar refractivity (Wildman–Crippen MR) is 62.1 cm³/mol. The highest BCUT2D eigenvalue weighted by Crippen LogP contribution is 2.25. The van der Waals surface area contributed by atoms with Crippen molar-refractivity contribution in [2.24, 2.45) is 5.92 Å². The molecule has 1 unspecified atom stereocenters. The molecule has 2 heterocycles. The fraction of sp³-hybridized carbons (Fsp3) is 0.545. The summed E-state index contributed by atoms with van der Waals surface area (Å²) in [7, 11) is 0. The standard InChI is InChI=1S/C11H15N3O3/c1-8-4-10(14(15)16)11(13-5-8)17-7-9-2-3-12-6-9/h4-5,9,12H,2-3,6-7H2,1H3. The topological polar surface area (TPSA) is 77.3 Å². The minimum atomic E-state index is -0.456. The Bertz CT molecular complexity index is 416. The van der Waals surface area contributed by atoms with Crippen molar-refractivity contribution in [2.45, 2.75) is 13.3 Å². The van der Waals surface area contributed by atoms with Crippen LogP contribution in [0.3, 0.4) is 0 Å². The molecular weight excluding hydrogens is 222 g/mol. The summed E-state index contributed by atoms with van der Waals surface area (Å²) in [4.78, 5) is 14.4. The van der Waals surface area contributed by atoms with E-state index < -0.39 is 4.92 Å². The number of rotatable bonds is 4. The summed E-state index contributed by atoms with van der Waals surface area (Å²) >= 11 is 0. The highest BCUT2D eigenvalue weighted by atomic mass is 16.6. The Hall–Kier alpha value is -1.69. The summed E-state index contributed by atoms with van der Waals surface area (Å²) in [6.07, 6.45) is 2.62. The maximum absolute atomic E-state index is 10.8. The SMILES string of the molecule is Cc1cnc(OCC2CCNC2)c([N+](=O)[O-])c1. The highest BCUT2D eigenvalue weighted by Gasteiger charge is 2.20. The van der Waals surface area contributed by atoms with E-state index in [1.165, 1.54) is 6.07 Å². The number of nitrogens with zero attached hydrogens (tertiary/aromatic N) is 2. The third-order valence-electron chi connectivity index (χ3n) is 2.78. The van der Waals surface area contributed by atoms with Gasteiger partial charge in [-0.2, -0.15) is 0 Å². The van der Waals surface area contributed by atoms with E-state index in [-0.39, 0.29) is 11.6 Å². The Morgan fingerprint density at radius 1 is 1.71 bits per heavy atom. The van der Waals surface area contributed by atoms with Crippen LogP contribution in [-0.2, 0) is 0 Å². The van der Waals surface area contributed by atoms with E-state index in [2.05, 4.69) is 10.3 Å². The number of ether oxygens (including phenoxy) is 1. The lowest BCUT2D eigenvalue weighted by molar-refractivity contribution is -0.386. The number of nitro groups is 1. The van der Waals surface area contributed by atoms with Gasteiger partial charge in [-0.05, 0) is 25.5 Å². The van der Waals surface area contributed by atoms with Crippen LogP contribution in [0.15, 0.2) is 12.3 Å². The van der Waals surface area contributed by atoms with Crippen molar-refractivity contribution in [3.05, 3.63) is 27.9 Å². The van der Waals surface area contributed by atoms with Gasteiger partial charge >= 0.3 is 5.69 Å². The van der Waals surface area contributed by atoms with Crippen molar-refractivity contribution < 1.29 is 9.66 Å². The number of aromatic nitrogens is 1. The molecule has 1 fully saturated rings. The minimum absolute atomic E-state index is 0.0593. The summed E-state index contributed by atoms with van der Waals surface area (Å²) in [5, 5.41) is 14.1. The van der Waals surface area contributed by atoms with Gasteiger partial charge in [0, 0.05) is 24.7 Å². The van der Waals surface area contributed by atoms with Crippen molar-refractivity contribution >= 4 is 5.69 Å². The first-order chi connectivity index (χ1) is 8.16. The van der Waals surface area contributed by atoms with Gasteiger partial charge in [-0.1, -0.05) is 0 Å². The first-order valence-electron chi connectivity index (χ1n) is 5.61. The van der Waals surface area contributed by atoms with Crippen LogP contribution in [0.4, 0.5) is 5.69 Å². The summed E-state index contributed by atoms with van der Waals surface area (Å²) in [6, 6.07) is 1.48. The molecule has 6 nitrogen and oxygen atoms in total. The minimum Gasteiger partial charge on any atom is -0.472 e. The van der Waals surface area contributed by atoms with Gasteiger partial charge in [0.2, 0.25) is 0 Å². The van der Waals surface area contributed by atoms with Crippen molar-refractivity contribution in [1.82, 2.24) is 10.3 Å². The van der Waals surface area contributed by atoms with E-state index in [4.69, 9.17) is 4.74 Å². The Balaban J connectivity index is 2.06. The third-order valence-corrected chi connectivity index (χ3v) is 2.78. The van der Waals surface area contributed by atoms with Gasteiger partial charge in [0.1, 0.15) is 0 Å². The first-order valence-corrected chi connectivity index (χ1v) is 5.61. The second-order valence-electron chi connectivity index (χ2n) is 4.26. The van der Waals surface area contributed by atoms with Crippen LogP contribution in [0.2, 0.25) is 0 Å². The number of hydrogen-bond donors (Lipinski definition) is 1. The molecule has 0 aliphatic carbocycles. The van der Waals surface area contributed by atoms with E-state index >= 15 is 0 Å². The second kappa shape index (κ2) is 5.09. The van der Waals surface area contributed by atoms with Crippen LogP contribution in [0.1, 0.15) is 12.0 Å². The molecule has 6 heteroatoms. The fourth-order valence-corrected chi connectivity index (χ4v) is 1.84. The number of aryl methyl sites for hydroxylation is 1. The van der Waals surface area contributed by atoms with E-state index in [0.29, 0.717) is 12.5 Å². The van der Waals surface area contributed by atoms with E-state index in [1.807, 2.05) is 0 Å². The average molecular weight is 237 g/mol. The third kappa shape index (κ3) is 2.91. The van der Waals surface area contributed by atoms with Gasteiger partial charge in [-0.25, -0.2) is 4.98 Å². The molecule has 0 aromatic carbocycles. The molecule has 17 heavy (non-hydrogen) atoms. The molecule has 0 radical (unpaired) electrons. The van der Waals surface area contributed by atoms with Crippen molar-refractivity contribution in [2.75, 3.05) is 19.7 Å². The highest BCUT2D eigenvalue weighted by molar-refractivity contribution is 5.42. The summed E-state index contributed by atoms with van der Waals surface area (Å²) in [5.41, 5.74) is 0.697. The van der Waals surface area contributed by atoms with Gasteiger partial charge in [0.15, 0.2) is 0 Å². The molecule has 0 saturated carbocycles. The lowest BCUT2D eigenvalue weighted by Gasteiger charge is -2.10. The van der Waals surface area contributed by atoms with Crippen LogP contribution < -0.4 is 10.1 Å². The summed E-state index contributed by atoms with van der Waals surface area (Å²) in [6.45, 7) is 4.13. The molecule has 1 N–H and O–H groups in total. The van der Waals surface area contributed by atoms with Crippen molar-refractivity contribution in [1.29, 1.82) is 0 Å². The van der Waals surface area contributed by atoms with Crippen LogP contribution >= 0.6 is 0 Å². The molecule has 1 aromatic rings. The zero-order chi connectivity index (χ0) is 12.3. The van der Waals surface area contributed by atoms with Gasteiger partial charge in [0.05, 0.1) is 11.5 Å². The molecule has 0 amide bonds. The zero-order valence-electron chi connectivity index (χ0n) is 9.68. The van der Waals surface area contributed by atoms with Crippen LogP contribution in [0.25, 0.3) is 0 Å². The fourth-order valence-electron chi connectivity index (χ4n) is 1.84. The first kappa shape index (κ1) is 11.8. The number of nitrogens with one attached hydrogen (secondary N) is 1. The van der Waals surface area contributed by atoms with E-state index in [1.54, 1.807) is 13.1 Å². The number of hydrogen-bond acceptors (Lipinski definition) is 5. The second-order valence-corrected chi connectivity index (χ2v) is 4.26. The maximum Gasteiger partial charge on any atom is 0.331 e. The Morgan fingerprint density at radius 2 is 2.53 bits per heavy atom. The Kier molecular flexibility index (Phi) is 3.53. The Morgan fingerprint density at radius 3 is 3.18 bits per heavy atom. The molecule has 1 aliphatic rings. The lowest BCUT2D eigenvalue weighted by atomic mass is 10.1. The van der Waals surface area contributed by atoms with Crippen LogP contribution in [0.5, 0.6) is 5.88 Å². The van der Waals surface area contributed by atoms with Gasteiger partial charge in [-0.3, -0.25) is 10.1 Å². The molecule has 1 aromatic heterocycles. The smallest absolute Gasteiger partial charge is 0.331 e. The molecule has 1 aliphatic heterocycles. The summed E-state index contributed by atoms with van der Waals surface area (Å²) in [5.74, 6) is 0.533. The monoisotopic (exact) mass is 237 g/mol. The van der Waals surface area contributed by atoms with Crippen molar-refractivity contribution in [3.8, 4) is 5.88 Å². The molecule has 1 saturated heterocycles. The van der Waals surface area contributed by atoms with Crippen molar-refractivity contribution in [3.63, 3.8) is 0 Å². The molecule has 92 valence electrons. The molecule has 0 spiro atoms. The zero-order valence-corrected chi connectivity index (χ0v) is 9.68. The lowest BCUT2D eigenvalue weighted by Crippen LogP contribution is -2.16. The quantitative estimate of drug-likeness (QED) is 0.630. The van der Waals surface area contributed by atoms with Gasteiger partial charge in [-0.15, -0.1) is 0 Å². The predicted octanol–water partition coefficient (Wildman–Crippen LogP) is 1.29. The van der Waals surface area contributed by atoms with E-state index in [9.17, 15) is 10.1 Å². The summed E-state index contributed by atoms with van der Waals surface area (Å²) < 4.78 is 5.44. The largest absolute Gasteiger partial charge is 0.472 e.